The minimum Gasteiger partial charge on any atom is -0.493 e. The SMILES string of the molecule is COC(=O)C=Cc1ccccc1OC(N)C(O)CCCc1ccc(OC)c(OC)c1. The van der Waals surface area contributed by atoms with Crippen molar-refractivity contribution in [2.45, 2.75) is 31.6 Å². The van der Waals surface area contributed by atoms with E-state index in [4.69, 9.17) is 19.9 Å². The highest BCUT2D eigenvalue weighted by Gasteiger charge is 2.17. The average Bonchev–Trinajstić information content (AvgIpc) is 2.77. The Morgan fingerprint density at radius 1 is 1.07 bits per heavy atom. The molecule has 7 nitrogen and oxygen atoms in total. The van der Waals surface area contributed by atoms with Gasteiger partial charge in [0, 0.05) is 11.6 Å². The molecule has 0 bridgehead atoms. The van der Waals surface area contributed by atoms with Crippen LogP contribution in [0, 0.1) is 0 Å². The highest BCUT2D eigenvalue weighted by Crippen LogP contribution is 2.28. The number of rotatable bonds is 11. The molecule has 0 fully saturated rings. The van der Waals surface area contributed by atoms with Crippen molar-refractivity contribution in [2.75, 3.05) is 21.3 Å². The van der Waals surface area contributed by atoms with Gasteiger partial charge in [-0.05, 0) is 49.1 Å². The molecule has 7 heteroatoms. The number of hydrogen-bond acceptors (Lipinski definition) is 7. The van der Waals surface area contributed by atoms with Gasteiger partial charge in [0.05, 0.1) is 21.3 Å². The Hall–Kier alpha value is -3.03. The Kier molecular flexibility index (Phi) is 9.18. The van der Waals surface area contributed by atoms with Gasteiger partial charge in [0.2, 0.25) is 0 Å². The molecule has 2 unspecified atom stereocenters. The second-order valence-corrected chi connectivity index (χ2v) is 6.63. The normalized spacial score (nSPS) is 13.0. The van der Waals surface area contributed by atoms with Crippen LogP contribution in [0.15, 0.2) is 48.5 Å². The third-order valence-electron chi connectivity index (χ3n) is 4.57. The molecule has 2 rings (SSSR count). The van der Waals surface area contributed by atoms with E-state index in [0.29, 0.717) is 29.2 Å². The van der Waals surface area contributed by atoms with Crippen molar-refractivity contribution in [3.05, 3.63) is 59.7 Å². The van der Waals surface area contributed by atoms with Crippen molar-refractivity contribution >= 4 is 12.0 Å². The first-order valence-corrected chi connectivity index (χ1v) is 9.64. The number of aliphatic hydroxyl groups excluding tert-OH is 1. The molecule has 2 aromatic rings. The van der Waals surface area contributed by atoms with Gasteiger partial charge < -0.3 is 24.1 Å². The van der Waals surface area contributed by atoms with Crippen LogP contribution >= 0.6 is 0 Å². The van der Waals surface area contributed by atoms with Crippen LogP contribution in [-0.4, -0.2) is 44.7 Å². The summed E-state index contributed by atoms with van der Waals surface area (Å²) >= 11 is 0. The van der Waals surface area contributed by atoms with Gasteiger partial charge in [0.15, 0.2) is 17.7 Å². The molecule has 3 N–H and O–H groups in total. The van der Waals surface area contributed by atoms with E-state index in [1.807, 2.05) is 24.3 Å². The van der Waals surface area contributed by atoms with Gasteiger partial charge in [0.1, 0.15) is 11.9 Å². The van der Waals surface area contributed by atoms with Crippen molar-refractivity contribution in [1.82, 2.24) is 0 Å². The molecule has 0 saturated heterocycles. The Labute approximate surface area is 177 Å². The highest BCUT2D eigenvalue weighted by molar-refractivity contribution is 5.87. The lowest BCUT2D eigenvalue weighted by molar-refractivity contribution is -0.134. The largest absolute Gasteiger partial charge is 0.493 e. The second-order valence-electron chi connectivity index (χ2n) is 6.63. The zero-order chi connectivity index (χ0) is 21.9. The third-order valence-corrected chi connectivity index (χ3v) is 4.57. The van der Waals surface area contributed by atoms with Crippen molar-refractivity contribution in [1.29, 1.82) is 0 Å². The maximum atomic E-state index is 11.3. The fourth-order valence-corrected chi connectivity index (χ4v) is 2.89. The molecule has 0 amide bonds. The summed E-state index contributed by atoms with van der Waals surface area (Å²) in [6.45, 7) is 0. The van der Waals surface area contributed by atoms with Crippen LogP contribution in [0.3, 0.4) is 0 Å². The van der Waals surface area contributed by atoms with Gasteiger partial charge >= 0.3 is 5.97 Å². The lowest BCUT2D eigenvalue weighted by atomic mass is 10.0. The maximum Gasteiger partial charge on any atom is 0.330 e. The molecule has 0 saturated carbocycles. The Balaban J connectivity index is 1.90. The molecule has 0 aromatic heterocycles. The van der Waals surface area contributed by atoms with Crippen LogP contribution in [-0.2, 0) is 16.0 Å². The molecule has 0 aliphatic heterocycles. The van der Waals surface area contributed by atoms with Gasteiger partial charge in [-0.25, -0.2) is 4.79 Å². The van der Waals surface area contributed by atoms with Crippen molar-refractivity contribution in [2.24, 2.45) is 5.73 Å². The van der Waals surface area contributed by atoms with Gasteiger partial charge in [0.25, 0.3) is 0 Å². The number of ether oxygens (including phenoxy) is 4. The molecule has 0 heterocycles. The number of aryl methyl sites for hydroxylation is 1. The second kappa shape index (κ2) is 11.8. The van der Waals surface area contributed by atoms with Gasteiger partial charge in [-0.1, -0.05) is 24.3 Å². The number of benzene rings is 2. The van der Waals surface area contributed by atoms with Crippen LogP contribution in [0.1, 0.15) is 24.0 Å². The fourth-order valence-electron chi connectivity index (χ4n) is 2.89. The first-order valence-electron chi connectivity index (χ1n) is 9.64. The number of carbonyl (C=O) groups is 1. The van der Waals surface area contributed by atoms with Gasteiger partial charge in [-0.15, -0.1) is 0 Å². The zero-order valence-corrected chi connectivity index (χ0v) is 17.5. The van der Waals surface area contributed by atoms with Crippen LogP contribution in [0.25, 0.3) is 6.08 Å². The first kappa shape index (κ1) is 23.3. The Bertz CT molecular complexity index is 851. The summed E-state index contributed by atoms with van der Waals surface area (Å²) < 4.78 is 20.9. The number of aliphatic hydroxyl groups is 1. The molecule has 0 aliphatic rings. The number of methoxy groups -OCH3 is 3. The first-order chi connectivity index (χ1) is 14.5. The van der Waals surface area contributed by atoms with E-state index >= 15 is 0 Å². The number of nitrogens with two attached hydrogens (primary N) is 1. The molecule has 30 heavy (non-hydrogen) atoms. The van der Waals surface area contributed by atoms with Crippen LogP contribution < -0.4 is 19.9 Å². The molecular weight excluding hydrogens is 386 g/mol. The number of carbonyl (C=O) groups excluding carboxylic acids is 1. The summed E-state index contributed by atoms with van der Waals surface area (Å²) in [6.07, 6.45) is 3.08. The smallest absolute Gasteiger partial charge is 0.330 e. The molecule has 2 aromatic carbocycles. The predicted octanol–water partition coefficient (Wildman–Crippen LogP) is 2.94. The van der Waals surface area contributed by atoms with Crippen LogP contribution in [0.2, 0.25) is 0 Å². The Morgan fingerprint density at radius 3 is 2.50 bits per heavy atom. The molecule has 2 atom stereocenters. The minimum atomic E-state index is -0.900. The van der Waals surface area contributed by atoms with Crippen molar-refractivity contribution in [3.8, 4) is 17.2 Å². The summed E-state index contributed by atoms with van der Waals surface area (Å²) in [5.41, 5.74) is 7.78. The van der Waals surface area contributed by atoms with E-state index < -0.39 is 18.3 Å². The van der Waals surface area contributed by atoms with E-state index in [2.05, 4.69) is 4.74 Å². The third kappa shape index (κ3) is 6.79. The molecule has 0 aliphatic carbocycles. The summed E-state index contributed by atoms with van der Waals surface area (Å²) in [4.78, 5) is 11.3. The summed E-state index contributed by atoms with van der Waals surface area (Å²) in [6, 6.07) is 12.9. The van der Waals surface area contributed by atoms with Crippen LogP contribution in [0.4, 0.5) is 0 Å². The minimum absolute atomic E-state index is 0.468. The highest BCUT2D eigenvalue weighted by atomic mass is 16.5. The van der Waals surface area contributed by atoms with E-state index in [-0.39, 0.29) is 0 Å². The van der Waals surface area contributed by atoms with Gasteiger partial charge in [-0.2, -0.15) is 0 Å². The summed E-state index contributed by atoms with van der Waals surface area (Å²) in [5, 5.41) is 10.4. The van der Waals surface area contributed by atoms with E-state index in [1.54, 1.807) is 38.5 Å². The molecule has 162 valence electrons. The van der Waals surface area contributed by atoms with Crippen LogP contribution in [0.5, 0.6) is 17.2 Å². The van der Waals surface area contributed by atoms with E-state index in [0.717, 1.165) is 18.4 Å². The quantitative estimate of drug-likeness (QED) is 0.331. The monoisotopic (exact) mass is 415 g/mol. The summed E-state index contributed by atoms with van der Waals surface area (Å²) in [5.74, 6) is 1.36. The molecular formula is C23H29NO6. The lowest BCUT2D eigenvalue weighted by Crippen LogP contribution is -2.40. The number of esters is 1. The van der Waals surface area contributed by atoms with Gasteiger partial charge in [-0.3, -0.25) is 5.73 Å². The molecule has 0 radical (unpaired) electrons. The molecule has 0 spiro atoms. The van der Waals surface area contributed by atoms with Crippen molar-refractivity contribution in [3.63, 3.8) is 0 Å². The predicted molar refractivity (Wildman–Crippen MR) is 115 cm³/mol. The summed E-state index contributed by atoms with van der Waals surface area (Å²) in [7, 11) is 4.50. The van der Waals surface area contributed by atoms with Crippen molar-refractivity contribution < 1.29 is 28.8 Å². The zero-order valence-electron chi connectivity index (χ0n) is 17.5. The number of para-hydroxylation sites is 1. The lowest BCUT2D eigenvalue weighted by Gasteiger charge is -2.21. The fraction of sp³-hybridized carbons (Fsp3) is 0.348. The van der Waals surface area contributed by atoms with E-state index in [9.17, 15) is 9.90 Å². The standard InChI is InChI=1S/C23H29NO6/c1-27-20-13-11-16(15-21(20)28-2)7-6-9-18(25)23(24)30-19-10-5-4-8-17(19)12-14-22(26)29-3/h4-5,8,10-15,18,23,25H,6-7,9,24H2,1-3H3. The average molecular weight is 415 g/mol. The Morgan fingerprint density at radius 2 is 1.80 bits per heavy atom. The maximum absolute atomic E-state index is 11.3. The topological polar surface area (TPSA) is 100 Å². The number of hydrogen-bond donors (Lipinski definition) is 2. The van der Waals surface area contributed by atoms with E-state index in [1.165, 1.54) is 13.2 Å².